The third-order valence-electron chi connectivity index (χ3n) is 3.54. The molecule has 0 aliphatic carbocycles. The Balaban J connectivity index is 1.73. The maximum atomic E-state index is 12.3. The van der Waals surface area contributed by atoms with Gasteiger partial charge >= 0.3 is 0 Å². The van der Waals surface area contributed by atoms with E-state index < -0.39 is 6.10 Å². The van der Waals surface area contributed by atoms with Crippen LogP contribution in [-0.2, 0) is 0 Å². The van der Waals surface area contributed by atoms with Gasteiger partial charge < -0.3 is 14.8 Å². The molecule has 1 atom stereocenters. The van der Waals surface area contributed by atoms with Gasteiger partial charge in [0.05, 0.1) is 23.5 Å². The normalized spacial score (nSPS) is 12.1. The maximum Gasteiger partial charge on any atom is 0.272 e. The van der Waals surface area contributed by atoms with Crippen LogP contribution in [0.3, 0.4) is 0 Å². The molecule has 0 aliphatic heterocycles. The first kappa shape index (κ1) is 16.3. The molecular formula is C17H16ClN3O3. The first-order valence-corrected chi connectivity index (χ1v) is 7.75. The van der Waals surface area contributed by atoms with Crippen molar-refractivity contribution in [3.05, 3.63) is 70.9 Å². The molecule has 0 spiro atoms. The monoisotopic (exact) mass is 345 g/mol. The Hall–Kier alpha value is -2.57. The number of nitrogens with zero attached hydrogens (tertiary/aromatic N) is 2. The van der Waals surface area contributed by atoms with Gasteiger partial charge in [-0.3, -0.25) is 4.79 Å². The number of para-hydroxylation sites is 1. The number of hydrogen-bond donors (Lipinski definition) is 2. The van der Waals surface area contributed by atoms with Crippen LogP contribution in [0.5, 0.6) is 0 Å². The lowest BCUT2D eigenvalue weighted by Crippen LogP contribution is -2.29. The summed E-state index contributed by atoms with van der Waals surface area (Å²) >= 11 is 6.15. The molecule has 2 heterocycles. The van der Waals surface area contributed by atoms with Crippen molar-refractivity contribution in [1.82, 2.24) is 15.1 Å². The van der Waals surface area contributed by atoms with Crippen LogP contribution in [0.2, 0.25) is 5.02 Å². The highest BCUT2D eigenvalue weighted by molar-refractivity contribution is 6.32. The lowest BCUT2D eigenvalue weighted by Gasteiger charge is -2.08. The van der Waals surface area contributed by atoms with Crippen LogP contribution >= 0.6 is 11.6 Å². The zero-order valence-electron chi connectivity index (χ0n) is 12.9. The third-order valence-corrected chi connectivity index (χ3v) is 3.86. The molecule has 3 rings (SSSR count). The number of aryl methyl sites for hydroxylation is 1. The van der Waals surface area contributed by atoms with Crippen LogP contribution in [0.15, 0.2) is 53.3 Å². The Morgan fingerprint density at radius 3 is 2.88 bits per heavy atom. The van der Waals surface area contributed by atoms with Crippen molar-refractivity contribution in [1.29, 1.82) is 0 Å². The zero-order valence-corrected chi connectivity index (χ0v) is 13.7. The zero-order chi connectivity index (χ0) is 17.1. The van der Waals surface area contributed by atoms with Crippen LogP contribution < -0.4 is 5.32 Å². The lowest BCUT2D eigenvalue weighted by atomic mass is 10.2. The van der Waals surface area contributed by atoms with Gasteiger partial charge in [0, 0.05) is 11.8 Å². The van der Waals surface area contributed by atoms with Gasteiger partial charge in [-0.25, -0.2) is 4.68 Å². The predicted octanol–water partition coefficient (Wildman–Crippen LogP) is 2.89. The van der Waals surface area contributed by atoms with Gasteiger partial charge in [-0.05, 0) is 31.2 Å². The van der Waals surface area contributed by atoms with Gasteiger partial charge in [-0.15, -0.1) is 0 Å². The van der Waals surface area contributed by atoms with E-state index in [1.54, 1.807) is 36.0 Å². The van der Waals surface area contributed by atoms with Crippen LogP contribution in [0, 0.1) is 6.92 Å². The Bertz CT molecular complexity index is 843. The smallest absolute Gasteiger partial charge is 0.272 e. The van der Waals surface area contributed by atoms with Crippen molar-refractivity contribution in [3.63, 3.8) is 0 Å². The molecular weight excluding hydrogens is 330 g/mol. The molecule has 124 valence electrons. The van der Waals surface area contributed by atoms with E-state index in [2.05, 4.69) is 10.4 Å². The summed E-state index contributed by atoms with van der Waals surface area (Å²) in [6.45, 7) is 1.82. The number of halogens is 1. The fraction of sp³-hybridized carbons (Fsp3) is 0.176. The number of benzene rings is 1. The number of rotatable bonds is 5. The summed E-state index contributed by atoms with van der Waals surface area (Å²) in [7, 11) is 0. The van der Waals surface area contributed by atoms with Gasteiger partial charge in [0.15, 0.2) is 5.69 Å². The largest absolute Gasteiger partial charge is 0.467 e. The highest BCUT2D eigenvalue weighted by atomic mass is 35.5. The average molecular weight is 346 g/mol. The molecule has 0 aliphatic rings. The van der Waals surface area contributed by atoms with Gasteiger partial charge in [-0.2, -0.15) is 5.10 Å². The van der Waals surface area contributed by atoms with E-state index in [4.69, 9.17) is 16.0 Å². The maximum absolute atomic E-state index is 12.3. The molecule has 1 amide bonds. The summed E-state index contributed by atoms with van der Waals surface area (Å²) < 4.78 is 6.66. The second kappa shape index (κ2) is 6.90. The van der Waals surface area contributed by atoms with Crippen LogP contribution in [0.4, 0.5) is 0 Å². The minimum absolute atomic E-state index is 0.0325. The minimum Gasteiger partial charge on any atom is -0.467 e. The number of nitrogens with one attached hydrogen (secondary N) is 1. The summed E-state index contributed by atoms with van der Waals surface area (Å²) in [6.07, 6.45) is 2.30. The van der Waals surface area contributed by atoms with Crippen molar-refractivity contribution < 1.29 is 14.3 Å². The second-order valence-electron chi connectivity index (χ2n) is 5.30. The van der Waals surface area contributed by atoms with E-state index in [9.17, 15) is 9.90 Å². The molecule has 7 heteroatoms. The van der Waals surface area contributed by atoms with E-state index in [1.165, 1.54) is 6.26 Å². The average Bonchev–Trinajstić information content (AvgIpc) is 3.22. The van der Waals surface area contributed by atoms with Crippen molar-refractivity contribution >= 4 is 17.5 Å². The number of aromatic nitrogens is 2. The summed E-state index contributed by atoms with van der Waals surface area (Å²) in [5.74, 6) is 0.0255. The Kier molecular flexibility index (Phi) is 4.69. The molecule has 3 aromatic rings. The molecule has 0 fully saturated rings. The molecule has 2 aromatic heterocycles. The van der Waals surface area contributed by atoms with E-state index >= 15 is 0 Å². The lowest BCUT2D eigenvalue weighted by molar-refractivity contribution is 0.0895. The van der Waals surface area contributed by atoms with E-state index in [0.29, 0.717) is 22.0 Å². The fourth-order valence-corrected chi connectivity index (χ4v) is 2.52. The number of amides is 1. The van der Waals surface area contributed by atoms with Crippen molar-refractivity contribution in [2.45, 2.75) is 13.0 Å². The molecule has 2 N–H and O–H groups in total. The van der Waals surface area contributed by atoms with E-state index in [1.807, 2.05) is 18.2 Å². The van der Waals surface area contributed by atoms with E-state index in [0.717, 1.165) is 0 Å². The number of carbonyl (C=O) groups is 1. The second-order valence-corrected chi connectivity index (χ2v) is 5.71. The van der Waals surface area contributed by atoms with E-state index in [-0.39, 0.29) is 18.1 Å². The predicted molar refractivity (Wildman–Crippen MR) is 89.3 cm³/mol. The molecule has 1 aromatic carbocycles. The SMILES string of the molecule is Cc1cn(-c2ccccc2Cl)nc1C(=O)NCC(O)c1ccco1. The molecule has 0 bridgehead atoms. The Labute approximate surface area is 143 Å². The molecule has 1 unspecified atom stereocenters. The number of aliphatic hydroxyl groups is 1. The highest BCUT2D eigenvalue weighted by Gasteiger charge is 2.18. The number of furan rings is 1. The number of carbonyl (C=O) groups excluding carboxylic acids is 1. The van der Waals surface area contributed by atoms with Crippen molar-refractivity contribution in [3.8, 4) is 5.69 Å². The summed E-state index contributed by atoms with van der Waals surface area (Å²) in [4.78, 5) is 12.3. The molecule has 24 heavy (non-hydrogen) atoms. The number of aliphatic hydroxyl groups excluding tert-OH is 1. The van der Waals surface area contributed by atoms with Crippen LogP contribution in [0.25, 0.3) is 5.69 Å². The minimum atomic E-state index is -0.907. The van der Waals surface area contributed by atoms with Gasteiger partial charge in [0.2, 0.25) is 0 Å². The standard InChI is InChI=1S/C17H16ClN3O3/c1-11-10-21(13-6-3-2-5-12(13)18)20-16(11)17(23)19-9-14(22)15-7-4-8-24-15/h2-8,10,14,22H,9H2,1H3,(H,19,23). The molecule has 0 radical (unpaired) electrons. The summed E-state index contributed by atoms with van der Waals surface area (Å²) in [5.41, 5.74) is 1.68. The Morgan fingerprint density at radius 1 is 1.38 bits per heavy atom. The summed E-state index contributed by atoms with van der Waals surface area (Å²) in [5, 5.41) is 17.4. The van der Waals surface area contributed by atoms with Crippen LogP contribution in [0.1, 0.15) is 27.9 Å². The first-order chi connectivity index (χ1) is 11.6. The number of hydrogen-bond acceptors (Lipinski definition) is 4. The topological polar surface area (TPSA) is 80.3 Å². The van der Waals surface area contributed by atoms with Gasteiger partial charge in [-0.1, -0.05) is 23.7 Å². The van der Waals surface area contributed by atoms with Crippen molar-refractivity contribution in [2.75, 3.05) is 6.54 Å². The highest BCUT2D eigenvalue weighted by Crippen LogP contribution is 2.20. The third kappa shape index (κ3) is 3.34. The summed E-state index contributed by atoms with van der Waals surface area (Å²) in [6, 6.07) is 10.6. The fourth-order valence-electron chi connectivity index (χ4n) is 2.30. The molecule has 0 saturated carbocycles. The van der Waals surface area contributed by atoms with Gasteiger partial charge in [0.1, 0.15) is 11.9 Å². The van der Waals surface area contributed by atoms with Crippen LogP contribution in [-0.4, -0.2) is 27.3 Å². The Morgan fingerprint density at radius 2 is 2.17 bits per heavy atom. The first-order valence-electron chi connectivity index (χ1n) is 7.37. The van der Waals surface area contributed by atoms with Crippen molar-refractivity contribution in [2.24, 2.45) is 0 Å². The van der Waals surface area contributed by atoms with Gasteiger partial charge in [0.25, 0.3) is 5.91 Å². The molecule has 0 saturated heterocycles. The quantitative estimate of drug-likeness (QED) is 0.745. The molecule has 6 nitrogen and oxygen atoms in total.